The van der Waals surface area contributed by atoms with Gasteiger partial charge in [0.05, 0.1) is 33.5 Å². The summed E-state index contributed by atoms with van der Waals surface area (Å²) in [6, 6.07) is 17.9. The van der Waals surface area contributed by atoms with E-state index in [0.717, 1.165) is 0 Å². The molecule has 1 unspecified atom stereocenters. The summed E-state index contributed by atoms with van der Waals surface area (Å²) >= 11 is 0. The quantitative estimate of drug-likeness (QED) is 0.112. The van der Waals surface area contributed by atoms with Crippen molar-refractivity contribution in [3.8, 4) is 11.5 Å². The first-order valence-electron chi connectivity index (χ1n) is 17.9. The molecule has 3 aromatic rings. The smallest absolute Gasteiger partial charge is 0.303 e. The molecule has 2 aliphatic heterocycles. The van der Waals surface area contributed by atoms with Crippen molar-refractivity contribution in [2.24, 2.45) is 10.8 Å². The van der Waals surface area contributed by atoms with Gasteiger partial charge in [0, 0.05) is 59.3 Å². The SMILES string of the molecule is CCCN(C(=O)COC(C)=O)c1cccc(C(O)(c2cc(C3OCC(C)(C)CO3)ccc2OC)c2cc(C3OCC(C)(C)CO3)ccc2OCOC)c1. The Kier molecular flexibility index (Phi) is 12.9. The van der Waals surface area contributed by atoms with Crippen LogP contribution >= 0.6 is 0 Å². The van der Waals surface area contributed by atoms with Crippen LogP contribution in [0.15, 0.2) is 60.7 Å². The molecule has 2 fully saturated rings. The van der Waals surface area contributed by atoms with Crippen LogP contribution in [0.1, 0.15) is 88.4 Å². The fraction of sp³-hybridized carbons (Fsp3) is 0.512. The fourth-order valence-corrected chi connectivity index (χ4v) is 6.37. The van der Waals surface area contributed by atoms with Crippen molar-refractivity contribution in [2.75, 3.05) is 65.5 Å². The van der Waals surface area contributed by atoms with Crippen LogP contribution in [0, 0.1) is 10.8 Å². The minimum absolute atomic E-state index is 0.0985. The van der Waals surface area contributed by atoms with Gasteiger partial charge in [-0.25, -0.2) is 0 Å². The molecule has 2 aliphatic rings. The van der Waals surface area contributed by atoms with Gasteiger partial charge in [-0.1, -0.05) is 58.9 Å². The zero-order valence-corrected chi connectivity index (χ0v) is 32.1. The van der Waals surface area contributed by atoms with Crippen LogP contribution in [0.2, 0.25) is 0 Å². The highest BCUT2D eigenvalue weighted by Gasteiger charge is 2.42. The van der Waals surface area contributed by atoms with Crippen molar-refractivity contribution in [1.82, 2.24) is 0 Å². The molecule has 0 bridgehead atoms. The molecule has 1 N–H and O–H groups in total. The van der Waals surface area contributed by atoms with Crippen molar-refractivity contribution in [2.45, 2.75) is 66.1 Å². The lowest BCUT2D eigenvalue weighted by molar-refractivity contribution is -0.226. The summed E-state index contributed by atoms with van der Waals surface area (Å²) in [5.41, 5.74) is 0.624. The molecule has 0 saturated carbocycles. The highest BCUT2D eigenvalue weighted by molar-refractivity contribution is 5.95. The van der Waals surface area contributed by atoms with E-state index in [1.165, 1.54) is 26.0 Å². The highest BCUT2D eigenvalue weighted by atomic mass is 16.7. The first-order valence-corrected chi connectivity index (χ1v) is 17.9. The predicted molar refractivity (Wildman–Crippen MR) is 197 cm³/mol. The highest BCUT2D eigenvalue weighted by Crippen LogP contribution is 2.48. The average Bonchev–Trinajstić information content (AvgIpc) is 3.14. The van der Waals surface area contributed by atoms with Gasteiger partial charge in [0.25, 0.3) is 5.91 Å². The van der Waals surface area contributed by atoms with Gasteiger partial charge < -0.3 is 47.9 Å². The zero-order chi connectivity index (χ0) is 38.4. The Labute approximate surface area is 312 Å². The zero-order valence-electron chi connectivity index (χ0n) is 32.1. The van der Waals surface area contributed by atoms with E-state index in [4.69, 9.17) is 37.9 Å². The van der Waals surface area contributed by atoms with E-state index in [1.54, 1.807) is 42.5 Å². The van der Waals surface area contributed by atoms with Gasteiger partial charge in [-0.05, 0) is 48.4 Å². The number of aliphatic hydroxyl groups is 1. The fourth-order valence-electron chi connectivity index (χ4n) is 6.37. The van der Waals surface area contributed by atoms with Crippen LogP contribution in [-0.4, -0.2) is 77.6 Å². The summed E-state index contributed by atoms with van der Waals surface area (Å²) in [6.45, 7) is 13.2. The third-order valence-corrected chi connectivity index (χ3v) is 9.11. The molecule has 2 saturated heterocycles. The van der Waals surface area contributed by atoms with Gasteiger partial charge in [0.1, 0.15) is 17.1 Å². The molecular formula is C41H53NO11. The number of benzene rings is 3. The van der Waals surface area contributed by atoms with Crippen molar-refractivity contribution in [3.63, 3.8) is 0 Å². The Hall–Kier alpha value is -4.04. The van der Waals surface area contributed by atoms with Gasteiger partial charge in [0.15, 0.2) is 26.0 Å². The molecule has 12 nitrogen and oxygen atoms in total. The van der Waals surface area contributed by atoms with Crippen LogP contribution < -0.4 is 14.4 Å². The van der Waals surface area contributed by atoms with Crippen molar-refractivity contribution in [1.29, 1.82) is 0 Å². The van der Waals surface area contributed by atoms with E-state index in [2.05, 4.69) is 27.7 Å². The standard InChI is InChI=1S/C41H53NO11/c1-9-17-42(36(44)21-48-27(2)43)31-12-10-11-30(20-31)41(45,32-18-28(13-15-34(32)47-8)37-49-22-39(3,4)23-50-37)33-19-29(14-16-35(33)53-26-46-7)38-51-24-40(5,6)25-52-38/h10-16,18-20,37-38,45H,9,17,21-26H2,1-8H3. The van der Waals surface area contributed by atoms with Crippen molar-refractivity contribution >= 4 is 17.6 Å². The normalized spacial score (nSPS) is 18.5. The van der Waals surface area contributed by atoms with E-state index in [0.29, 0.717) is 84.4 Å². The number of ether oxygens (including phenoxy) is 8. The van der Waals surface area contributed by atoms with Crippen molar-refractivity contribution in [3.05, 3.63) is 88.5 Å². The summed E-state index contributed by atoms with van der Waals surface area (Å²) < 4.78 is 47.1. The number of carbonyl (C=O) groups excluding carboxylic acids is 2. The molecule has 288 valence electrons. The topological polar surface area (TPSA) is 131 Å². The first kappa shape index (κ1) is 40.2. The molecule has 0 spiro atoms. The second kappa shape index (κ2) is 17.0. The molecule has 1 atom stereocenters. The Morgan fingerprint density at radius 3 is 1.89 bits per heavy atom. The average molecular weight is 736 g/mol. The molecule has 0 radical (unpaired) electrons. The van der Waals surface area contributed by atoms with Crippen LogP contribution in [0.3, 0.4) is 0 Å². The number of anilines is 1. The number of methoxy groups -OCH3 is 2. The minimum Gasteiger partial charge on any atom is -0.496 e. The number of esters is 1. The van der Waals surface area contributed by atoms with Crippen LogP contribution in [0.25, 0.3) is 0 Å². The second-order valence-electron chi connectivity index (χ2n) is 15.1. The van der Waals surface area contributed by atoms with Crippen LogP contribution in [0.5, 0.6) is 11.5 Å². The third kappa shape index (κ3) is 9.37. The number of amides is 1. The largest absolute Gasteiger partial charge is 0.496 e. The van der Waals surface area contributed by atoms with Gasteiger partial charge in [-0.2, -0.15) is 0 Å². The van der Waals surface area contributed by atoms with Gasteiger partial charge in [-0.15, -0.1) is 0 Å². The number of rotatable bonds is 14. The maximum Gasteiger partial charge on any atom is 0.303 e. The number of nitrogens with zero attached hydrogens (tertiary/aromatic N) is 1. The molecule has 53 heavy (non-hydrogen) atoms. The van der Waals surface area contributed by atoms with E-state index in [-0.39, 0.29) is 17.6 Å². The molecule has 3 aromatic carbocycles. The number of hydrogen-bond acceptors (Lipinski definition) is 11. The van der Waals surface area contributed by atoms with Crippen LogP contribution in [-0.2, 0) is 43.6 Å². The molecule has 0 aliphatic carbocycles. The van der Waals surface area contributed by atoms with E-state index in [9.17, 15) is 14.7 Å². The van der Waals surface area contributed by atoms with Crippen molar-refractivity contribution < 1.29 is 52.6 Å². The van der Waals surface area contributed by atoms with Gasteiger partial charge in [-0.3, -0.25) is 9.59 Å². The van der Waals surface area contributed by atoms with Gasteiger partial charge >= 0.3 is 5.97 Å². The maximum absolute atomic E-state index is 13.6. The lowest BCUT2D eigenvalue weighted by atomic mass is 9.78. The van der Waals surface area contributed by atoms with Crippen LogP contribution in [0.4, 0.5) is 5.69 Å². The molecular weight excluding hydrogens is 682 g/mol. The first-order chi connectivity index (χ1) is 25.2. The summed E-state index contributed by atoms with van der Waals surface area (Å²) in [5.74, 6) is -0.255. The summed E-state index contributed by atoms with van der Waals surface area (Å²) in [4.78, 5) is 26.5. The molecule has 1 amide bonds. The summed E-state index contributed by atoms with van der Waals surface area (Å²) in [6.07, 6.45) is -0.762. The molecule has 2 heterocycles. The lowest BCUT2D eigenvalue weighted by Gasteiger charge is -2.37. The Morgan fingerprint density at radius 1 is 0.830 bits per heavy atom. The maximum atomic E-state index is 13.6. The third-order valence-electron chi connectivity index (χ3n) is 9.11. The minimum atomic E-state index is -1.99. The van der Waals surface area contributed by atoms with E-state index < -0.39 is 36.7 Å². The Bertz CT molecular complexity index is 1720. The second-order valence-corrected chi connectivity index (χ2v) is 15.1. The molecule has 12 heteroatoms. The predicted octanol–water partition coefficient (Wildman–Crippen LogP) is 6.41. The lowest BCUT2D eigenvalue weighted by Crippen LogP contribution is -2.36. The van der Waals surface area contributed by atoms with E-state index >= 15 is 0 Å². The number of hydrogen-bond donors (Lipinski definition) is 1. The Morgan fingerprint density at radius 2 is 1.38 bits per heavy atom. The summed E-state index contributed by atoms with van der Waals surface area (Å²) in [7, 11) is 3.05. The monoisotopic (exact) mass is 735 g/mol. The molecule has 0 aromatic heterocycles. The number of carbonyl (C=O) groups is 2. The summed E-state index contributed by atoms with van der Waals surface area (Å²) in [5, 5.41) is 13.6. The van der Waals surface area contributed by atoms with E-state index in [1.807, 2.05) is 25.1 Å². The molecule has 5 rings (SSSR count). The Balaban J connectivity index is 1.74. The van der Waals surface area contributed by atoms with Gasteiger partial charge in [0.2, 0.25) is 0 Å².